The average molecular weight is 670 g/mol. The second kappa shape index (κ2) is 12.6. The first-order chi connectivity index (χ1) is 24.4. The first kappa shape index (κ1) is 31.6. The number of methoxy groups -OCH3 is 2. The number of aromatic amines is 1. The van der Waals surface area contributed by atoms with Crippen molar-refractivity contribution < 1.29 is 28.8 Å². The van der Waals surface area contributed by atoms with Crippen LogP contribution in [0.2, 0.25) is 0 Å². The summed E-state index contributed by atoms with van der Waals surface area (Å²) in [4.78, 5) is 21.7. The summed E-state index contributed by atoms with van der Waals surface area (Å²) in [5.74, 6) is 1.97. The first-order valence-corrected chi connectivity index (χ1v) is 16.4. The van der Waals surface area contributed by atoms with Crippen LogP contribution in [-0.2, 0) is 10.2 Å². The predicted molar refractivity (Wildman–Crippen MR) is 189 cm³/mol. The minimum atomic E-state index is -1.03. The second-order valence-corrected chi connectivity index (χ2v) is 12.4. The molecule has 8 rings (SSSR count). The highest BCUT2D eigenvalue weighted by molar-refractivity contribution is 5.93. The van der Waals surface area contributed by atoms with E-state index in [4.69, 9.17) is 18.6 Å². The second-order valence-electron chi connectivity index (χ2n) is 12.4. The number of nitrogens with zero attached hydrogens (tertiary/aromatic N) is 2. The Kier molecular flexibility index (Phi) is 7.99. The molecule has 10 nitrogen and oxygen atoms in total. The number of furan rings is 1. The van der Waals surface area contributed by atoms with Gasteiger partial charge in [-0.05, 0) is 53.1 Å². The minimum Gasteiger partial charge on any atom is -0.497 e. The van der Waals surface area contributed by atoms with Gasteiger partial charge in [0.1, 0.15) is 35.1 Å². The molecule has 3 aromatic heterocycles. The van der Waals surface area contributed by atoms with Crippen LogP contribution in [0.5, 0.6) is 11.5 Å². The van der Waals surface area contributed by atoms with Crippen LogP contribution in [-0.4, -0.2) is 57.8 Å². The quantitative estimate of drug-likeness (QED) is 0.155. The monoisotopic (exact) mass is 669 g/mol. The van der Waals surface area contributed by atoms with E-state index in [0.717, 1.165) is 27.6 Å². The van der Waals surface area contributed by atoms with Crippen LogP contribution >= 0.6 is 0 Å². The van der Waals surface area contributed by atoms with Crippen molar-refractivity contribution in [1.82, 2.24) is 14.5 Å². The Balaban J connectivity index is 1.53. The zero-order chi connectivity index (χ0) is 34.4. The molecular weight excluding hydrogens is 634 g/mol. The Morgan fingerprint density at radius 3 is 2.10 bits per heavy atom. The zero-order valence-corrected chi connectivity index (χ0v) is 27.4. The summed E-state index contributed by atoms with van der Waals surface area (Å²) < 4.78 is 25.1. The Morgan fingerprint density at radius 1 is 0.880 bits per heavy atom. The van der Waals surface area contributed by atoms with Gasteiger partial charge in [0.2, 0.25) is 0 Å². The van der Waals surface area contributed by atoms with Crippen molar-refractivity contribution in [3.8, 4) is 23.0 Å². The number of hydrogen-bond acceptors (Lipinski definition) is 8. The molecule has 0 bridgehead atoms. The molecular formula is C40H35N3O7. The fraction of sp³-hybridized carbons (Fsp3) is 0.200. The third kappa shape index (κ3) is 5.08. The topological polar surface area (TPSA) is 132 Å². The Labute approximate surface area is 287 Å². The van der Waals surface area contributed by atoms with Gasteiger partial charge in [-0.1, -0.05) is 72.8 Å². The molecule has 0 unspecified atom stereocenters. The lowest BCUT2D eigenvalue weighted by atomic mass is 9.64. The molecule has 252 valence electrons. The molecule has 0 aliphatic carbocycles. The highest BCUT2D eigenvalue weighted by Crippen LogP contribution is 2.52. The number of hydrogen-bond donors (Lipinski definition) is 3. The maximum absolute atomic E-state index is 13.7. The van der Waals surface area contributed by atoms with Crippen LogP contribution in [0.15, 0.2) is 125 Å². The smallest absolute Gasteiger partial charge is 0.351 e. The number of ether oxygens (including phenoxy) is 3. The normalized spacial score (nSPS) is 17.8. The third-order valence-corrected chi connectivity index (χ3v) is 9.71. The van der Waals surface area contributed by atoms with Gasteiger partial charge < -0.3 is 33.8 Å². The first-order valence-electron chi connectivity index (χ1n) is 16.4. The number of fused-ring (bicyclic) bond motifs is 2. The lowest BCUT2D eigenvalue weighted by molar-refractivity contribution is -0.0457. The third-order valence-electron chi connectivity index (χ3n) is 9.71. The lowest BCUT2D eigenvalue weighted by Crippen LogP contribution is -2.32. The molecule has 50 heavy (non-hydrogen) atoms. The summed E-state index contributed by atoms with van der Waals surface area (Å²) in [5.41, 5.74) is 3.68. The average Bonchev–Trinajstić information content (AvgIpc) is 3.87. The summed E-state index contributed by atoms with van der Waals surface area (Å²) in [6, 6.07) is 35.8. The number of benzene rings is 4. The van der Waals surface area contributed by atoms with Gasteiger partial charge in [-0.3, -0.25) is 4.57 Å². The Bertz CT molecular complexity index is 2260. The van der Waals surface area contributed by atoms with Crippen LogP contribution in [0.4, 0.5) is 0 Å². The molecule has 0 amide bonds. The predicted octanol–water partition coefficient (Wildman–Crippen LogP) is 6.18. The molecule has 10 heteroatoms. The standard InChI is InChI=1S/C40H35N3O7/c1-47-28-16-12-26(13-17-28)40(25-9-4-3-5-10-25,27-14-18-29(48-2)19-15-27)36-30-22-43(35-21-31(45)34(23-44)50-35)39(46)42-38(30)41-37(36)33-20-24-8-6-7-11-32(24)49-33/h3-20,22,31,34-35,44-45H,21,23H2,1-2H3,(H,41,42,46)/t31-,34+,35+/m0/s1. The molecule has 1 fully saturated rings. The van der Waals surface area contributed by atoms with E-state index in [-0.39, 0.29) is 13.0 Å². The minimum absolute atomic E-state index is 0.120. The lowest BCUT2D eigenvalue weighted by Gasteiger charge is -2.37. The van der Waals surface area contributed by atoms with E-state index in [9.17, 15) is 15.0 Å². The molecule has 1 saturated heterocycles. The van der Waals surface area contributed by atoms with E-state index in [1.54, 1.807) is 20.4 Å². The zero-order valence-electron chi connectivity index (χ0n) is 27.4. The summed E-state index contributed by atoms with van der Waals surface area (Å²) in [6.45, 7) is -0.375. The number of aromatic nitrogens is 3. The molecule has 0 saturated carbocycles. The van der Waals surface area contributed by atoms with Gasteiger partial charge in [0, 0.05) is 29.0 Å². The number of aliphatic hydroxyl groups is 2. The van der Waals surface area contributed by atoms with E-state index < -0.39 is 29.5 Å². The Morgan fingerprint density at radius 2 is 1.50 bits per heavy atom. The largest absolute Gasteiger partial charge is 0.497 e. The van der Waals surface area contributed by atoms with Gasteiger partial charge in [0.05, 0.1) is 38.0 Å². The molecule has 0 radical (unpaired) electrons. The van der Waals surface area contributed by atoms with Crippen molar-refractivity contribution in [1.29, 1.82) is 0 Å². The van der Waals surface area contributed by atoms with E-state index in [1.165, 1.54) is 4.57 Å². The maximum Gasteiger partial charge on any atom is 0.351 e. The van der Waals surface area contributed by atoms with Crippen LogP contribution < -0.4 is 15.2 Å². The van der Waals surface area contributed by atoms with Crippen LogP contribution in [0.1, 0.15) is 34.9 Å². The molecule has 1 aliphatic heterocycles. The summed E-state index contributed by atoms with van der Waals surface area (Å²) >= 11 is 0. The molecule has 7 aromatic rings. The van der Waals surface area contributed by atoms with Crippen LogP contribution in [0.25, 0.3) is 33.5 Å². The molecule has 0 spiro atoms. The SMILES string of the molecule is COc1ccc(C(c2ccccc2)(c2ccc(OC)cc2)c2c(-c3cc4ccccc4o3)[nH]c3nc(=O)n([C@H]4C[C@H](O)[C@@H](CO)O4)cc23)cc1. The highest BCUT2D eigenvalue weighted by Gasteiger charge is 2.44. The van der Waals surface area contributed by atoms with Crippen molar-refractivity contribution in [2.75, 3.05) is 20.8 Å². The number of H-pyrrole nitrogens is 1. The summed E-state index contributed by atoms with van der Waals surface area (Å²) in [6.07, 6.45) is -0.732. The van der Waals surface area contributed by atoms with Crippen molar-refractivity contribution >= 4 is 22.0 Å². The van der Waals surface area contributed by atoms with E-state index in [2.05, 4.69) is 22.1 Å². The van der Waals surface area contributed by atoms with Crippen molar-refractivity contribution in [2.45, 2.75) is 30.3 Å². The molecule has 4 aromatic carbocycles. The van der Waals surface area contributed by atoms with Gasteiger partial charge >= 0.3 is 5.69 Å². The Hall–Kier alpha value is -5.68. The molecule has 3 N–H and O–H groups in total. The highest BCUT2D eigenvalue weighted by atomic mass is 16.5. The van der Waals surface area contributed by atoms with E-state index >= 15 is 0 Å². The van der Waals surface area contributed by atoms with E-state index in [0.29, 0.717) is 39.6 Å². The fourth-order valence-corrected chi connectivity index (χ4v) is 7.30. The van der Waals surface area contributed by atoms with Gasteiger partial charge in [-0.2, -0.15) is 4.98 Å². The van der Waals surface area contributed by atoms with Gasteiger partial charge in [0.25, 0.3) is 0 Å². The number of nitrogens with one attached hydrogen (secondary N) is 1. The van der Waals surface area contributed by atoms with Gasteiger partial charge in [-0.25, -0.2) is 4.79 Å². The number of para-hydroxylation sites is 1. The van der Waals surface area contributed by atoms with Gasteiger partial charge in [-0.15, -0.1) is 0 Å². The number of rotatable bonds is 9. The van der Waals surface area contributed by atoms with E-state index in [1.807, 2.05) is 97.1 Å². The number of aliphatic hydroxyl groups excluding tert-OH is 2. The molecule has 4 heterocycles. The van der Waals surface area contributed by atoms with Crippen LogP contribution in [0, 0.1) is 0 Å². The van der Waals surface area contributed by atoms with Crippen molar-refractivity contribution in [3.05, 3.63) is 148 Å². The summed E-state index contributed by atoms with van der Waals surface area (Å²) in [7, 11) is 3.27. The van der Waals surface area contributed by atoms with Crippen molar-refractivity contribution in [3.63, 3.8) is 0 Å². The van der Waals surface area contributed by atoms with Gasteiger partial charge in [0.15, 0.2) is 5.76 Å². The van der Waals surface area contributed by atoms with Crippen molar-refractivity contribution in [2.24, 2.45) is 0 Å². The summed E-state index contributed by atoms with van der Waals surface area (Å²) in [5, 5.41) is 22.0. The molecule has 3 atom stereocenters. The maximum atomic E-state index is 13.7. The fourth-order valence-electron chi connectivity index (χ4n) is 7.30. The van der Waals surface area contributed by atoms with Crippen LogP contribution in [0.3, 0.4) is 0 Å². The molecule has 1 aliphatic rings.